The Hall–Kier alpha value is -1.32. The quantitative estimate of drug-likeness (QED) is 0.738. The van der Waals surface area contributed by atoms with Crippen molar-refractivity contribution in [1.82, 2.24) is 4.90 Å². The summed E-state index contributed by atoms with van der Waals surface area (Å²) in [5, 5.41) is 8.78. The highest BCUT2D eigenvalue weighted by Gasteiger charge is 2.43. The van der Waals surface area contributed by atoms with E-state index in [1.54, 1.807) is 14.0 Å². The lowest BCUT2D eigenvalue weighted by molar-refractivity contribution is -0.146. The number of carbonyl (C=O) groups excluding carboxylic acids is 1. The van der Waals surface area contributed by atoms with E-state index >= 15 is 0 Å². The Balaban J connectivity index is 2.55. The maximum Gasteiger partial charge on any atom is 0.308 e. The maximum absolute atomic E-state index is 12.0. The van der Waals surface area contributed by atoms with Crippen molar-refractivity contribution in [1.29, 1.82) is 0 Å². The number of carbonyl (C=O) groups is 2. The van der Waals surface area contributed by atoms with E-state index in [2.05, 4.69) is 6.58 Å². The minimum atomic E-state index is -0.872. The second kappa shape index (κ2) is 4.28. The van der Waals surface area contributed by atoms with E-state index in [-0.39, 0.29) is 17.9 Å². The fourth-order valence-corrected chi connectivity index (χ4v) is 2.24. The molecule has 0 aromatic rings. The summed E-state index contributed by atoms with van der Waals surface area (Å²) in [7, 11) is 1.66. The van der Waals surface area contributed by atoms with Crippen molar-refractivity contribution >= 4 is 11.9 Å². The Morgan fingerprint density at radius 1 is 1.56 bits per heavy atom. The van der Waals surface area contributed by atoms with Crippen LogP contribution in [0, 0.1) is 11.3 Å². The molecule has 1 unspecified atom stereocenters. The lowest BCUT2D eigenvalue weighted by atomic mass is 9.66. The second-order valence-corrected chi connectivity index (χ2v) is 5.09. The summed E-state index contributed by atoms with van der Waals surface area (Å²) < 4.78 is 0. The number of aliphatic carboxylic acids is 1. The van der Waals surface area contributed by atoms with Crippen molar-refractivity contribution in [3.05, 3.63) is 12.2 Å². The van der Waals surface area contributed by atoms with Crippen molar-refractivity contribution in [2.45, 2.75) is 26.7 Å². The minimum Gasteiger partial charge on any atom is -0.481 e. The lowest BCUT2D eigenvalue weighted by Crippen LogP contribution is -2.47. The van der Waals surface area contributed by atoms with Gasteiger partial charge in [-0.3, -0.25) is 9.59 Å². The number of amides is 1. The van der Waals surface area contributed by atoms with Crippen LogP contribution < -0.4 is 0 Å². The van der Waals surface area contributed by atoms with Crippen molar-refractivity contribution in [3.63, 3.8) is 0 Å². The highest BCUT2D eigenvalue weighted by atomic mass is 16.4. The van der Waals surface area contributed by atoms with Crippen molar-refractivity contribution in [2.24, 2.45) is 11.3 Å². The molecule has 0 heterocycles. The monoisotopic (exact) mass is 225 g/mol. The Labute approximate surface area is 95.9 Å². The third-order valence-corrected chi connectivity index (χ3v) is 3.11. The van der Waals surface area contributed by atoms with E-state index in [4.69, 9.17) is 5.11 Å². The fourth-order valence-electron chi connectivity index (χ4n) is 2.24. The summed E-state index contributed by atoms with van der Waals surface area (Å²) in [6.07, 6.45) is 1.44. The number of hydrogen-bond donors (Lipinski definition) is 1. The van der Waals surface area contributed by atoms with Crippen LogP contribution in [0.4, 0.5) is 0 Å². The summed E-state index contributed by atoms with van der Waals surface area (Å²) in [5.74, 6) is -1.38. The molecule has 1 atom stereocenters. The first kappa shape index (κ1) is 12.7. The summed E-state index contributed by atoms with van der Waals surface area (Å²) in [6.45, 7) is 7.60. The van der Waals surface area contributed by atoms with Gasteiger partial charge in [-0.2, -0.15) is 0 Å². The average Bonchev–Trinajstić information content (AvgIpc) is 2.13. The van der Waals surface area contributed by atoms with Crippen molar-refractivity contribution < 1.29 is 14.7 Å². The molecule has 0 aliphatic heterocycles. The maximum atomic E-state index is 12.0. The van der Waals surface area contributed by atoms with Gasteiger partial charge < -0.3 is 10.0 Å². The molecular formula is C12H19NO3. The van der Waals surface area contributed by atoms with Crippen LogP contribution in [0.25, 0.3) is 0 Å². The molecule has 0 aromatic carbocycles. The molecule has 16 heavy (non-hydrogen) atoms. The molecule has 0 radical (unpaired) electrons. The van der Waals surface area contributed by atoms with Crippen LogP contribution in [-0.4, -0.2) is 35.5 Å². The molecule has 0 aromatic heterocycles. The molecule has 4 heteroatoms. The molecule has 1 aliphatic carbocycles. The molecule has 1 rings (SSSR count). The zero-order valence-corrected chi connectivity index (χ0v) is 10.1. The zero-order chi connectivity index (χ0) is 12.5. The van der Waals surface area contributed by atoms with Crippen LogP contribution in [0.1, 0.15) is 26.7 Å². The topological polar surface area (TPSA) is 57.6 Å². The Kier molecular flexibility index (Phi) is 3.41. The fraction of sp³-hybridized carbons (Fsp3) is 0.667. The standard InChI is InChI=1S/C12H19NO3/c1-8-5-12(3,6-8)11(16)13(4)7-9(2)10(14)15/h9H,1,5-7H2,2-4H3,(H,14,15). The Morgan fingerprint density at radius 3 is 2.44 bits per heavy atom. The van der Waals surface area contributed by atoms with E-state index in [9.17, 15) is 9.59 Å². The van der Waals surface area contributed by atoms with Gasteiger partial charge in [0.05, 0.1) is 11.3 Å². The van der Waals surface area contributed by atoms with E-state index in [1.165, 1.54) is 4.90 Å². The summed E-state index contributed by atoms with van der Waals surface area (Å²) in [6, 6.07) is 0. The molecule has 1 amide bonds. The normalized spacial score (nSPS) is 19.8. The van der Waals surface area contributed by atoms with Gasteiger partial charge >= 0.3 is 5.97 Å². The first-order chi connectivity index (χ1) is 7.26. The first-order valence-electron chi connectivity index (χ1n) is 5.41. The van der Waals surface area contributed by atoms with Gasteiger partial charge in [-0.15, -0.1) is 0 Å². The SMILES string of the molecule is C=C1CC(C)(C(=O)N(C)CC(C)C(=O)O)C1. The van der Waals surface area contributed by atoms with Crippen LogP contribution in [0.2, 0.25) is 0 Å². The van der Waals surface area contributed by atoms with Crippen molar-refractivity contribution in [3.8, 4) is 0 Å². The summed E-state index contributed by atoms with van der Waals surface area (Å²) in [5.41, 5.74) is 0.736. The summed E-state index contributed by atoms with van der Waals surface area (Å²) >= 11 is 0. The molecule has 1 aliphatic rings. The number of rotatable bonds is 4. The van der Waals surface area contributed by atoms with Crippen LogP contribution in [-0.2, 0) is 9.59 Å². The van der Waals surface area contributed by atoms with Crippen LogP contribution in [0.5, 0.6) is 0 Å². The lowest BCUT2D eigenvalue weighted by Gasteiger charge is -2.41. The van der Waals surface area contributed by atoms with Crippen LogP contribution in [0.3, 0.4) is 0 Å². The molecule has 0 spiro atoms. The van der Waals surface area contributed by atoms with Gasteiger partial charge in [-0.1, -0.05) is 26.0 Å². The third kappa shape index (κ3) is 2.43. The highest BCUT2D eigenvalue weighted by Crippen LogP contribution is 2.45. The molecule has 4 nitrogen and oxygen atoms in total. The smallest absolute Gasteiger partial charge is 0.308 e. The molecule has 0 saturated heterocycles. The zero-order valence-electron chi connectivity index (χ0n) is 10.1. The largest absolute Gasteiger partial charge is 0.481 e. The van der Waals surface area contributed by atoms with E-state index in [1.807, 2.05) is 6.92 Å². The highest BCUT2D eigenvalue weighted by molar-refractivity contribution is 5.85. The number of carboxylic acid groups (broad SMARTS) is 1. The van der Waals surface area contributed by atoms with Gasteiger partial charge in [0, 0.05) is 13.6 Å². The van der Waals surface area contributed by atoms with Crippen molar-refractivity contribution in [2.75, 3.05) is 13.6 Å². The van der Waals surface area contributed by atoms with E-state index in [0.717, 1.165) is 18.4 Å². The average molecular weight is 225 g/mol. The number of carboxylic acids is 1. The Bertz CT molecular complexity index is 327. The number of nitrogens with zero attached hydrogens (tertiary/aromatic N) is 1. The number of hydrogen-bond acceptors (Lipinski definition) is 2. The predicted molar refractivity (Wildman–Crippen MR) is 60.9 cm³/mol. The van der Waals surface area contributed by atoms with E-state index in [0.29, 0.717) is 0 Å². The first-order valence-corrected chi connectivity index (χ1v) is 5.41. The van der Waals surface area contributed by atoms with Gasteiger partial charge in [0.1, 0.15) is 0 Å². The van der Waals surface area contributed by atoms with Crippen LogP contribution in [0.15, 0.2) is 12.2 Å². The van der Waals surface area contributed by atoms with Crippen LogP contribution >= 0.6 is 0 Å². The van der Waals surface area contributed by atoms with Gasteiger partial charge in [-0.25, -0.2) is 0 Å². The van der Waals surface area contributed by atoms with Gasteiger partial charge in [0.25, 0.3) is 0 Å². The van der Waals surface area contributed by atoms with E-state index < -0.39 is 11.9 Å². The molecule has 1 N–H and O–H groups in total. The molecule has 1 saturated carbocycles. The Morgan fingerprint density at radius 2 is 2.06 bits per heavy atom. The summed E-state index contributed by atoms with van der Waals surface area (Å²) in [4.78, 5) is 24.3. The second-order valence-electron chi connectivity index (χ2n) is 5.09. The van der Waals surface area contributed by atoms with Gasteiger partial charge in [0.2, 0.25) is 5.91 Å². The molecule has 1 fully saturated rings. The minimum absolute atomic E-state index is 0.0213. The predicted octanol–water partition coefficient (Wildman–Crippen LogP) is 1.52. The third-order valence-electron chi connectivity index (χ3n) is 3.11. The molecular weight excluding hydrogens is 206 g/mol. The molecule has 0 bridgehead atoms. The molecule has 90 valence electrons. The van der Waals surface area contributed by atoms with Gasteiger partial charge in [-0.05, 0) is 12.8 Å². The number of allylic oxidation sites excluding steroid dienone is 1. The van der Waals surface area contributed by atoms with Gasteiger partial charge in [0.15, 0.2) is 0 Å².